The molecule has 0 atom stereocenters. The van der Waals surface area contributed by atoms with Gasteiger partial charge in [-0.3, -0.25) is 0 Å². The molecule has 0 aromatic carbocycles. The Labute approximate surface area is 121 Å². The third-order valence-electron chi connectivity index (χ3n) is 5.99. The number of hydrogen-bond donors (Lipinski definition) is 0. The Morgan fingerprint density at radius 2 is 1.00 bits per heavy atom. The number of unbranched alkanes of at least 4 members (excludes halogenated alkanes) is 2. The average molecular weight is 374 g/mol. The van der Waals surface area contributed by atoms with Gasteiger partial charge in [0.25, 0.3) is 0 Å². The molecular formula is C16H36Ge2. The van der Waals surface area contributed by atoms with Crippen LogP contribution in [0.1, 0.15) is 53.4 Å². The summed E-state index contributed by atoms with van der Waals surface area (Å²) in [4.78, 5) is 0. The van der Waals surface area contributed by atoms with E-state index < -0.39 is 26.5 Å². The molecule has 0 bridgehead atoms. The summed E-state index contributed by atoms with van der Waals surface area (Å²) in [5.41, 5.74) is 0. The van der Waals surface area contributed by atoms with Crippen molar-refractivity contribution in [3.8, 4) is 0 Å². The van der Waals surface area contributed by atoms with Crippen molar-refractivity contribution in [2.45, 2.75) is 95.4 Å². The normalized spacial score (nSPS) is 22.0. The molecule has 0 radical (unpaired) electrons. The molecule has 0 spiro atoms. The maximum absolute atomic E-state index is 2.52. The SMILES string of the molecule is CCC[CH2][Ge]1([CH2]CCC)[CH2][CH2][Ge]([CH2]C)([CH2]C)[CH2][CH2]1. The summed E-state index contributed by atoms with van der Waals surface area (Å²) in [6.07, 6.45) is 5.99. The minimum atomic E-state index is -1.35. The van der Waals surface area contributed by atoms with Crippen LogP contribution >= 0.6 is 0 Å². The summed E-state index contributed by atoms with van der Waals surface area (Å²) in [6, 6.07) is 0. The van der Waals surface area contributed by atoms with Crippen LogP contribution in [0.2, 0.25) is 42.0 Å². The summed E-state index contributed by atoms with van der Waals surface area (Å²) >= 11 is -2.63. The zero-order valence-corrected chi connectivity index (χ0v) is 17.7. The van der Waals surface area contributed by atoms with Gasteiger partial charge in [-0.2, -0.15) is 0 Å². The summed E-state index contributed by atoms with van der Waals surface area (Å²) < 4.78 is 0. The van der Waals surface area contributed by atoms with Gasteiger partial charge in [0.15, 0.2) is 0 Å². The molecule has 1 saturated heterocycles. The van der Waals surface area contributed by atoms with Gasteiger partial charge >= 0.3 is 122 Å². The third kappa shape index (κ3) is 4.58. The van der Waals surface area contributed by atoms with Crippen LogP contribution in [0.25, 0.3) is 0 Å². The fourth-order valence-electron chi connectivity index (χ4n) is 4.00. The van der Waals surface area contributed by atoms with Crippen molar-refractivity contribution >= 4 is 26.5 Å². The molecule has 0 amide bonds. The van der Waals surface area contributed by atoms with Crippen LogP contribution < -0.4 is 0 Å². The van der Waals surface area contributed by atoms with Crippen LogP contribution in [0.15, 0.2) is 0 Å². The summed E-state index contributed by atoms with van der Waals surface area (Å²) in [6.45, 7) is 9.81. The van der Waals surface area contributed by atoms with E-state index in [9.17, 15) is 0 Å². The molecule has 0 aromatic rings. The topological polar surface area (TPSA) is 0 Å². The van der Waals surface area contributed by atoms with Crippen LogP contribution in [0.5, 0.6) is 0 Å². The van der Waals surface area contributed by atoms with E-state index in [0.717, 1.165) is 0 Å². The Morgan fingerprint density at radius 1 is 0.611 bits per heavy atom. The number of rotatable bonds is 8. The van der Waals surface area contributed by atoms with E-state index in [1.807, 2.05) is 0 Å². The standard InChI is InChI=1S/C16H36Ge2/c1-5-9-11-18(12-10-6-2)15-13-17(7-3,8-4)14-16-18/h5-16H2,1-4H3. The van der Waals surface area contributed by atoms with Crippen molar-refractivity contribution in [1.82, 2.24) is 0 Å². The molecule has 18 heavy (non-hydrogen) atoms. The Kier molecular flexibility index (Phi) is 7.99. The van der Waals surface area contributed by atoms with Crippen molar-refractivity contribution in [3.63, 3.8) is 0 Å². The van der Waals surface area contributed by atoms with Crippen molar-refractivity contribution in [2.24, 2.45) is 0 Å². The van der Waals surface area contributed by atoms with Gasteiger partial charge < -0.3 is 0 Å². The zero-order valence-electron chi connectivity index (χ0n) is 13.5. The minimum absolute atomic E-state index is 1.28. The first kappa shape index (κ1) is 17.1. The molecule has 0 aromatic heterocycles. The molecule has 1 rings (SSSR count). The van der Waals surface area contributed by atoms with Crippen LogP contribution in [0.3, 0.4) is 0 Å². The Hall–Kier alpha value is 1.09. The van der Waals surface area contributed by atoms with E-state index in [0.29, 0.717) is 0 Å². The third-order valence-corrected chi connectivity index (χ3v) is 33.6. The Bertz CT molecular complexity index is 201. The number of hydrogen-bond acceptors (Lipinski definition) is 0. The Balaban J connectivity index is 2.59. The van der Waals surface area contributed by atoms with Gasteiger partial charge in [-0.1, -0.05) is 0 Å². The molecule has 108 valence electrons. The van der Waals surface area contributed by atoms with Crippen LogP contribution in [-0.4, -0.2) is 26.5 Å². The van der Waals surface area contributed by atoms with E-state index in [1.54, 1.807) is 54.9 Å². The van der Waals surface area contributed by atoms with Crippen molar-refractivity contribution in [3.05, 3.63) is 0 Å². The predicted octanol–water partition coefficient (Wildman–Crippen LogP) is 6.54. The average Bonchev–Trinajstić information content (AvgIpc) is 2.44. The van der Waals surface area contributed by atoms with E-state index >= 15 is 0 Å². The van der Waals surface area contributed by atoms with Gasteiger partial charge in [-0.05, 0) is 0 Å². The molecule has 1 aliphatic rings. The first-order valence-electron chi connectivity index (χ1n) is 8.66. The van der Waals surface area contributed by atoms with Gasteiger partial charge in [0.2, 0.25) is 0 Å². The van der Waals surface area contributed by atoms with Gasteiger partial charge in [-0.25, -0.2) is 0 Å². The molecule has 0 unspecified atom stereocenters. The first-order chi connectivity index (χ1) is 8.66. The van der Waals surface area contributed by atoms with E-state index in [2.05, 4.69) is 27.7 Å². The maximum atomic E-state index is 2.52. The van der Waals surface area contributed by atoms with Gasteiger partial charge in [0.1, 0.15) is 0 Å². The van der Waals surface area contributed by atoms with Gasteiger partial charge in [0.05, 0.1) is 0 Å². The van der Waals surface area contributed by atoms with E-state index in [-0.39, 0.29) is 0 Å². The van der Waals surface area contributed by atoms with Crippen molar-refractivity contribution < 1.29 is 0 Å². The van der Waals surface area contributed by atoms with Crippen LogP contribution in [0.4, 0.5) is 0 Å². The van der Waals surface area contributed by atoms with Gasteiger partial charge in [0, 0.05) is 0 Å². The monoisotopic (exact) mass is 376 g/mol. The molecule has 1 aliphatic heterocycles. The van der Waals surface area contributed by atoms with E-state index in [1.165, 1.54) is 12.8 Å². The van der Waals surface area contributed by atoms with Gasteiger partial charge in [-0.15, -0.1) is 0 Å². The van der Waals surface area contributed by atoms with Crippen LogP contribution in [0, 0.1) is 0 Å². The summed E-state index contributed by atoms with van der Waals surface area (Å²) in [5, 5.41) is 13.8. The molecule has 1 heterocycles. The summed E-state index contributed by atoms with van der Waals surface area (Å²) in [7, 11) is 0. The van der Waals surface area contributed by atoms with Crippen molar-refractivity contribution in [1.29, 1.82) is 0 Å². The molecule has 0 N–H and O–H groups in total. The fraction of sp³-hybridized carbons (Fsp3) is 1.00. The molecule has 2 heteroatoms. The second kappa shape index (κ2) is 8.39. The Morgan fingerprint density at radius 3 is 1.33 bits per heavy atom. The molecule has 0 nitrogen and oxygen atoms in total. The second-order valence-corrected chi connectivity index (χ2v) is 28.8. The first-order valence-corrected chi connectivity index (χ1v) is 20.5. The van der Waals surface area contributed by atoms with Crippen LogP contribution in [-0.2, 0) is 0 Å². The quantitative estimate of drug-likeness (QED) is 0.424. The van der Waals surface area contributed by atoms with Crippen molar-refractivity contribution in [2.75, 3.05) is 0 Å². The predicted molar refractivity (Wildman–Crippen MR) is 91.1 cm³/mol. The van der Waals surface area contributed by atoms with E-state index in [4.69, 9.17) is 0 Å². The molecular weight excluding hydrogens is 337 g/mol. The fourth-order valence-corrected chi connectivity index (χ4v) is 43.9. The molecule has 0 saturated carbocycles. The summed E-state index contributed by atoms with van der Waals surface area (Å²) in [5.74, 6) is 0. The second-order valence-electron chi connectivity index (χ2n) is 6.91. The molecule has 1 fully saturated rings. The molecule has 0 aliphatic carbocycles. The zero-order chi connectivity index (χ0) is 13.5.